The highest BCUT2D eigenvalue weighted by atomic mass is 19.1. The molecule has 1 unspecified atom stereocenters. The number of alkyl halides is 1. The first kappa shape index (κ1) is 11.0. The fraction of sp³-hybridized carbons (Fsp3) is 0.231. The van der Waals surface area contributed by atoms with Crippen molar-refractivity contribution < 1.29 is 18.4 Å². The Morgan fingerprint density at radius 1 is 1.28 bits per heavy atom. The van der Waals surface area contributed by atoms with Crippen LogP contribution in [0.4, 0.5) is 4.39 Å². The summed E-state index contributed by atoms with van der Waals surface area (Å²) >= 11 is 0. The van der Waals surface area contributed by atoms with Crippen molar-refractivity contribution in [3.05, 3.63) is 36.1 Å². The summed E-state index contributed by atoms with van der Waals surface area (Å²) in [6.07, 6.45) is 1.09. The summed E-state index contributed by atoms with van der Waals surface area (Å²) in [4.78, 5) is 22.8. The van der Waals surface area contributed by atoms with Crippen LogP contribution in [0, 0.1) is 0 Å². The van der Waals surface area contributed by atoms with Crippen LogP contribution < -0.4 is 5.32 Å². The molecule has 4 nitrogen and oxygen atoms in total. The molecule has 1 aliphatic rings. The van der Waals surface area contributed by atoms with E-state index in [0.29, 0.717) is 11.0 Å². The second-order valence-electron chi connectivity index (χ2n) is 4.32. The van der Waals surface area contributed by atoms with Gasteiger partial charge in [-0.2, -0.15) is 0 Å². The number of halogens is 1. The van der Waals surface area contributed by atoms with Gasteiger partial charge in [0.05, 0.1) is 6.26 Å². The summed E-state index contributed by atoms with van der Waals surface area (Å²) < 4.78 is 20.0. The number of amides is 2. The van der Waals surface area contributed by atoms with E-state index in [2.05, 4.69) is 0 Å². The molecule has 1 N–H and O–H groups in total. The minimum atomic E-state index is -2.19. The third-order valence-corrected chi connectivity index (χ3v) is 3.22. The van der Waals surface area contributed by atoms with E-state index in [1.54, 1.807) is 24.3 Å². The average molecular weight is 247 g/mol. The van der Waals surface area contributed by atoms with Crippen LogP contribution in [0.15, 0.2) is 34.9 Å². The fourth-order valence-electron chi connectivity index (χ4n) is 2.23. The van der Waals surface area contributed by atoms with Crippen LogP contribution in [0.5, 0.6) is 0 Å². The summed E-state index contributed by atoms with van der Waals surface area (Å²) in [5.74, 6) is -1.36. The van der Waals surface area contributed by atoms with Gasteiger partial charge >= 0.3 is 0 Å². The molecule has 0 radical (unpaired) electrons. The molecule has 1 fully saturated rings. The van der Waals surface area contributed by atoms with Crippen LogP contribution in [0.2, 0.25) is 0 Å². The van der Waals surface area contributed by atoms with E-state index in [9.17, 15) is 14.0 Å². The lowest BCUT2D eigenvalue weighted by Crippen LogP contribution is -2.48. The number of para-hydroxylation sites is 1. The standard InChI is InChI=1S/C13H10FNO3/c14-13(6-5-11(16)15-12(13)17)9-7-18-10-4-2-1-3-8(9)10/h1-4,7H,5-6H2,(H,15,16,17). The van der Waals surface area contributed by atoms with E-state index >= 15 is 0 Å². The van der Waals surface area contributed by atoms with Gasteiger partial charge in [0.1, 0.15) is 5.58 Å². The molecule has 1 aromatic heterocycles. The smallest absolute Gasteiger partial charge is 0.269 e. The van der Waals surface area contributed by atoms with Crippen LogP contribution in [0.25, 0.3) is 11.0 Å². The maximum atomic E-state index is 14.8. The minimum absolute atomic E-state index is 0.0122. The molecule has 18 heavy (non-hydrogen) atoms. The highest BCUT2D eigenvalue weighted by Gasteiger charge is 2.46. The van der Waals surface area contributed by atoms with E-state index in [4.69, 9.17) is 4.42 Å². The van der Waals surface area contributed by atoms with Gasteiger partial charge in [-0.3, -0.25) is 14.9 Å². The molecular weight excluding hydrogens is 237 g/mol. The third-order valence-electron chi connectivity index (χ3n) is 3.22. The van der Waals surface area contributed by atoms with Crippen molar-refractivity contribution in [2.75, 3.05) is 0 Å². The molecule has 0 saturated carbocycles. The van der Waals surface area contributed by atoms with Gasteiger partial charge in [0.2, 0.25) is 11.6 Å². The SMILES string of the molecule is O=C1CCC(F)(c2coc3ccccc23)C(=O)N1. The lowest BCUT2D eigenvalue weighted by molar-refractivity contribution is -0.144. The van der Waals surface area contributed by atoms with Crippen molar-refractivity contribution in [1.29, 1.82) is 0 Å². The number of fused-ring (bicyclic) bond motifs is 1. The minimum Gasteiger partial charge on any atom is -0.464 e. The molecule has 2 heterocycles. The van der Waals surface area contributed by atoms with Crippen molar-refractivity contribution >= 4 is 22.8 Å². The van der Waals surface area contributed by atoms with Crippen LogP contribution in [-0.4, -0.2) is 11.8 Å². The average Bonchev–Trinajstić information content (AvgIpc) is 2.79. The molecule has 1 saturated heterocycles. The Morgan fingerprint density at radius 2 is 2.06 bits per heavy atom. The second-order valence-corrected chi connectivity index (χ2v) is 4.32. The number of imide groups is 1. The third kappa shape index (κ3) is 1.44. The molecule has 0 bridgehead atoms. The first-order chi connectivity index (χ1) is 8.61. The van der Waals surface area contributed by atoms with Gasteiger partial charge in [0, 0.05) is 23.8 Å². The van der Waals surface area contributed by atoms with Gasteiger partial charge < -0.3 is 4.42 Å². The number of hydrogen-bond acceptors (Lipinski definition) is 3. The second kappa shape index (κ2) is 3.66. The highest BCUT2D eigenvalue weighted by molar-refractivity contribution is 6.04. The largest absolute Gasteiger partial charge is 0.464 e. The molecule has 1 atom stereocenters. The molecule has 0 spiro atoms. The van der Waals surface area contributed by atoms with Crippen molar-refractivity contribution in [3.63, 3.8) is 0 Å². The van der Waals surface area contributed by atoms with Crippen molar-refractivity contribution in [1.82, 2.24) is 5.32 Å². The van der Waals surface area contributed by atoms with E-state index in [1.165, 1.54) is 6.26 Å². The maximum Gasteiger partial charge on any atom is 0.269 e. The van der Waals surface area contributed by atoms with Crippen LogP contribution >= 0.6 is 0 Å². The van der Waals surface area contributed by atoms with Gasteiger partial charge in [-0.1, -0.05) is 18.2 Å². The molecule has 0 aliphatic carbocycles. The fourth-order valence-corrected chi connectivity index (χ4v) is 2.23. The maximum absolute atomic E-state index is 14.8. The van der Waals surface area contributed by atoms with E-state index in [0.717, 1.165) is 0 Å². The molecule has 1 aromatic carbocycles. The number of carbonyl (C=O) groups is 2. The van der Waals surface area contributed by atoms with E-state index < -0.39 is 17.5 Å². The quantitative estimate of drug-likeness (QED) is 0.784. The number of carbonyl (C=O) groups excluding carboxylic acids is 2. The Morgan fingerprint density at radius 3 is 2.83 bits per heavy atom. The van der Waals surface area contributed by atoms with Gasteiger partial charge in [0.25, 0.3) is 5.91 Å². The zero-order valence-electron chi connectivity index (χ0n) is 9.40. The number of furan rings is 1. The molecular formula is C13H10FNO3. The van der Waals surface area contributed by atoms with Crippen molar-refractivity contribution in [2.45, 2.75) is 18.5 Å². The Labute approximate surface area is 102 Å². The Bertz CT molecular complexity index is 648. The predicted molar refractivity (Wildman–Crippen MR) is 61.4 cm³/mol. The topological polar surface area (TPSA) is 59.3 Å². The van der Waals surface area contributed by atoms with Crippen LogP contribution in [0.3, 0.4) is 0 Å². The van der Waals surface area contributed by atoms with Gasteiger partial charge in [-0.15, -0.1) is 0 Å². The number of hydrogen-bond donors (Lipinski definition) is 1. The molecule has 1 aliphatic heterocycles. The lowest BCUT2D eigenvalue weighted by Gasteiger charge is -2.26. The Balaban J connectivity index is 2.13. The van der Waals surface area contributed by atoms with E-state index in [1.807, 2.05) is 5.32 Å². The first-order valence-corrected chi connectivity index (χ1v) is 5.61. The summed E-state index contributed by atoms with van der Waals surface area (Å²) in [5.41, 5.74) is -1.49. The van der Waals surface area contributed by atoms with Crippen LogP contribution in [0.1, 0.15) is 18.4 Å². The number of rotatable bonds is 1. The first-order valence-electron chi connectivity index (χ1n) is 5.61. The van der Waals surface area contributed by atoms with Gasteiger partial charge in [-0.25, -0.2) is 4.39 Å². The highest BCUT2D eigenvalue weighted by Crippen LogP contribution is 2.38. The summed E-state index contributed by atoms with van der Waals surface area (Å²) in [7, 11) is 0. The van der Waals surface area contributed by atoms with Crippen LogP contribution in [-0.2, 0) is 15.3 Å². The van der Waals surface area contributed by atoms with Crippen molar-refractivity contribution in [3.8, 4) is 0 Å². The number of benzene rings is 1. The lowest BCUT2D eigenvalue weighted by atomic mass is 9.87. The molecule has 5 heteroatoms. The monoisotopic (exact) mass is 247 g/mol. The zero-order valence-corrected chi connectivity index (χ0v) is 9.40. The zero-order chi connectivity index (χ0) is 12.8. The molecule has 92 valence electrons. The normalized spacial score (nSPS) is 24.3. The predicted octanol–water partition coefficient (Wildman–Crippen LogP) is 2.03. The van der Waals surface area contributed by atoms with Crippen molar-refractivity contribution in [2.24, 2.45) is 0 Å². The van der Waals surface area contributed by atoms with Gasteiger partial charge in [0.15, 0.2) is 0 Å². The molecule has 2 amide bonds. The molecule has 3 rings (SSSR count). The summed E-state index contributed by atoms with van der Waals surface area (Å²) in [6.45, 7) is 0. The van der Waals surface area contributed by atoms with E-state index in [-0.39, 0.29) is 18.4 Å². The summed E-state index contributed by atoms with van der Waals surface area (Å²) in [6, 6.07) is 6.91. The molecule has 2 aromatic rings. The number of piperidine rings is 1. The summed E-state index contributed by atoms with van der Waals surface area (Å²) in [5, 5.41) is 2.59. The Hall–Kier alpha value is -2.17. The Kier molecular flexibility index (Phi) is 2.23. The van der Waals surface area contributed by atoms with Gasteiger partial charge in [-0.05, 0) is 6.07 Å². The number of nitrogens with one attached hydrogen (secondary N) is 1.